The highest BCUT2D eigenvalue weighted by Gasteiger charge is 2.17. The fraction of sp³-hybridized carbons (Fsp3) is 0.267. The van der Waals surface area contributed by atoms with Crippen LogP contribution in [0.4, 0.5) is 0 Å². The topological polar surface area (TPSA) is 83.8 Å². The van der Waals surface area contributed by atoms with Gasteiger partial charge in [-0.3, -0.25) is 4.79 Å². The summed E-state index contributed by atoms with van der Waals surface area (Å²) in [5, 5.41) is 2.98. The fourth-order valence-corrected chi connectivity index (χ4v) is 4.38. The van der Waals surface area contributed by atoms with Crippen molar-refractivity contribution >= 4 is 16.9 Å². The summed E-state index contributed by atoms with van der Waals surface area (Å²) in [4.78, 5) is 17.7. The van der Waals surface area contributed by atoms with E-state index in [9.17, 15) is 4.79 Å². The summed E-state index contributed by atoms with van der Waals surface area (Å²) in [7, 11) is 4.56. The van der Waals surface area contributed by atoms with Gasteiger partial charge in [-0.1, -0.05) is 36.4 Å². The number of nitrogens with zero attached hydrogens (tertiary/aromatic N) is 2. The lowest BCUT2D eigenvalue weighted by Gasteiger charge is -2.14. The summed E-state index contributed by atoms with van der Waals surface area (Å²) in [5.41, 5.74) is 3.46. The van der Waals surface area contributed by atoms with E-state index in [1.54, 1.807) is 12.1 Å². The molecule has 38 heavy (non-hydrogen) atoms. The van der Waals surface area contributed by atoms with Crippen LogP contribution in [0.1, 0.15) is 21.7 Å². The molecule has 1 N–H and O–H groups in total. The number of nitrogens with one attached hydrogen (secondary N) is 1. The van der Waals surface area contributed by atoms with E-state index in [1.165, 1.54) is 21.3 Å². The third kappa shape index (κ3) is 5.91. The van der Waals surface area contributed by atoms with Crippen LogP contribution in [0, 0.1) is 0 Å². The molecule has 0 spiro atoms. The normalized spacial score (nSPS) is 10.7. The highest BCUT2D eigenvalue weighted by molar-refractivity contribution is 5.95. The Kier molecular flexibility index (Phi) is 8.87. The minimum atomic E-state index is -0.242. The number of rotatable bonds is 13. The maximum Gasteiger partial charge on any atom is 0.251 e. The number of methoxy groups -OCH3 is 3. The second-order valence-electron chi connectivity index (χ2n) is 8.54. The Bertz CT molecular complexity index is 1390. The predicted octanol–water partition coefficient (Wildman–Crippen LogP) is 4.84. The molecule has 198 valence electrons. The molecule has 0 bridgehead atoms. The molecule has 1 aromatic heterocycles. The zero-order valence-electron chi connectivity index (χ0n) is 22.0. The molecule has 1 heterocycles. The quantitative estimate of drug-likeness (QED) is 0.257. The van der Waals surface area contributed by atoms with Gasteiger partial charge in [-0.25, -0.2) is 4.98 Å². The summed E-state index contributed by atoms with van der Waals surface area (Å²) >= 11 is 0. The highest BCUT2D eigenvalue weighted by Crippen LogP contribution is 2.38. The summed E-state index contributed by atoms with van der Waals surface area (Å²) in [6.07, 6.45) is 3.18. The van der Waals surface area contributed by atoms with Gasteiger partial charge in [0.1, 0.15) is 18.2 Å². The Morgan fingerprint density at radius 3 is 2.39 bits per heavy atom. The minimum Gasteiger partial charge on any atom is -0.493 e. The van der Waals surface area contributed by atoms with Crippen LogP contribution in [0.15, 0.2) is 73.3 Å². The maximum absolute atomic E-state index is 12.9. The average Bonchev–Trinajstić information content (AvgIpc) is 3.30. The van der Waals surface area contributed by atoms with Crippen LogP contribution in [-0.4, -0.2) is 49.9 Å². The van der Waals surface area contributed by atoms with Gasteiger partial charge in [-0.15, -0.1) is 6.58 Å². The molecule has 8 nitrogen and oxygen atoms in total. The summed E-state index contributed by atoms with van der Waals surface area (Å²) in [6.45, 7) is 5.35. The molecule has 0 saturated heterocycles. The zero-order chi connectivity index (χ0) is 26.9. The number of hydrogen-bond donors (Lipinski definition) is 1. The van der Waals surface area contributed by atoms with Crippen LogP contribution < -0.4 is 24.3 Å². The number of carbonyl (C=O) groups excluding carboxylic acids is 1. The summed E-state index contributed by atoms with van der Waals surface area (Å²) < 4.78 is 24.4. The number of ether oxygens (including phenoxy) is 4. The van der Waals surface area contributed by atoms with E-state index in [0.29, 0.717) is 48.9 Å². The Labute approximate surface area is 222 Å². The second kappa shape index (κ2) is 12.7. The number of imidazole rings is 1. The summed E-state index contributed by atoms with van der Waals surface area (Å²) in [5.74, 6) is 2.78. The predicted molar refractivity (Wildman–Crippen MR) is 148 cm³/mol. The molecule has 0 aliphatic carbocycles. The molecule has 4 rings (SSSR count). The van der Waals surface area contributed by atoms with E-state index in [-0.39, 0.29) is 5.91 Å². The average molecular weight is 516 g/mol. The van der Waals surface area contributed by atoms with Crippen molar-refractivity contribution in [3.8, 4) is 23.0 Å². The van der Waals surface area contributed by atoms with E-state index < -0.39 is 0 Å². The molecule has 3 aromatic carbocycles. The highest BCUT2D eigenvalue weighted by atomic mass is 16.5. The molecular weight excluding hydrogens is 482 g/mol. The molecule has 4 aromatic rings. The first-order chi connectivity index (χ1) is 18.6. The number of hydrogen-bond acceptors (Lipinski definition) is 6. The van der Waals surface area contributed by atoms with Crippen molar-refractivity contribution in [2.75, 3.05) is 34.5 Å². The molecule has 0 saturated carbocycles. The SMILES string of the molecule is C=CCc1ccccc1OCCn1c(CCNC(=O)c2cc(OC)c(OC)c(OC)c2)nc2ccccc21. The smallest absolute Gasteiger partial charge is 0.251 e. The molecule has 0 aliphatic heterocycles. The minimum absolute atomic E-state index is 0.242. The maximum atomic E-state index is 12.9. The molecule has 0 unspecified atom stereocenters. The molecule has 0 radical (unpaired) electrons. The van der Waals surface area contributed by atoms with Gasteiger partial charge in [-0.05, 0) is 42.3 Å². The van der Waals surface area contributed by atoms with Gasteiger partial charge in [0.05, 0.1) is 38.9 Å². The number of amides is 1. The first-order valence-electron chi connectivity index (χ1n) is 12.4. The van der Waals surface area contributed by atoms with Crippen molar-refractivity contribution in [2.45, 2.75) is 19.4 Å². The van der Waals surface area contributed by atoms with Gasteiger partial charge in [0.25, 0.3) is 5.91 Å². The van der Waals surface area contributed by atoms with Gasteiger partial charge in [0, 0.05) is 18.5 Å². The van der Waals surface area contributed by atoms with E-state index in [0.717, 1.165) is 34.6 Å². The van der Waals surface area contributed by atoms with Gasteiger partial charge < -0.3 is 28.8 Å². The van der Waals surface area contributed by atoms with Crippen molar-refractivity contribution in [3.63, 3.8) is 0 Å². The Hall–Kier alpha value is -4.46. The molecular formula is C30H33N3O5. The van der Waals surface area contributed by atoms with Gasteiger partial charge in [0.2, 0.25) is 5.75 Å². The zero-order valence-corrected chi connectivity index (χ0v) is 22.0. The van der Waals surface area contributed by atoms with Gasteiger partial charge >= 0.3 is 0 Å². The number of aromatic nitrogens is 2. The standard InChI is InChI=1S/C30H33N3O5/c1-5-10-21-11-6-9-14-25(21)38-18-17-33-24-13-8-7-12-23(24)32-28(33)15-16-31-30(34)22-19-26(35-2)29(37-4)27(20-22)36-3/h5-9,11-14,19-20H,1,10,15-18H2,2-4H3,(H,31,34). The largest absolute Gasteiger partial charge is 0.493 e. The fourth-order valence-electron chi connectivity index (χ4n) is 4.38. The Morgan fingerprint density at radius 2 is 1.68 bits per heavy atom. The van der Waals surface area contributed by atoms with Crippen molar-refractivity contribution in [3.05, 3.63) is 90.3 Å². The molecule has 0 atom stereocenters. The second-order valence-corrected chi connectivity index (χ2v) is 8.54. The number of fused-ring (bicyclic) bond motifs is 1. The number of carbonyl (C=O) groups is 1. The Morgan fingerprint density at radius 1 is 0.974 bits per heavy atom. The van der Waals surface area contributed by atoms with Crippen LogP contribution in [-0.2, 0) is 19.4 Å². The first-order valence-corrected chi connectivity index (χ1v) is 12.4. The molecule has 0 fully saturated rings. The molecule has 8 heteroatoms. The van der Waals surface area contributed by atoms with E-state index in [1.807, 2.05) is 54.6 Å². The molecule has 0 aliphatic rings. The van der Waals surface area contributed by atoms with Crippen molar-refractivity contribution in [1.29, 1.82) is 0 Å². The van der Waals surface area contributed by atoms with Crippen LogP contribution in [0.2, 0.25) is 0 Å². The van der Waals surface area contributed by atoms with Crippen molar-refractivity contribution in [1.82, 2.24) is 14.9 Å². The molecule has 1 amide bonds. The van der Waals surface area contributed by atoms with Crippen LogP contribution in [0.5, 0.6) is 23.0 Å². The third-order valence-corrected chi connectivity index (χ3v) is 6.20. The summed E-state index contributed by atoms with van der Waals surface area (Å²) in [6, 6.07) is 19.3. The third-order valence-electron chi connectivity index (χ3n) is 6.20. The van der Waals surface area contributed by atoms with Crippen LogP contribution in [0.3, 0.4) is 0 Å². The number of allylic oxidation sites excluding steroid dienone is 1. The Balaban J connectivity index is 1.45. The lowest BCUT2D eigenvalue weighted by molar-refractivity contribution is 0.0953. The van der Waals surface area contributed by atoms with Crippen LogP contribution >= 0.6 is 0 Å². The van der Waals surface area contributed by atoms with E-state index in [2.05, 4.69) is 16.5 Å². The lowest BCUT2D eigenvalue weighted by Crippen LogP contribution is -2.27. The van der Waals surface area contributed by atoms with E-state index >= 15 is 0 Å². The first kappa shape index (κ1) is 26.6. The van der Waals surface area contributed by atoms with Gasteiger partial charge in [0.15, 0.2) is 11.5 Å². The van der Waals surface area contributed by atoms with Crippen molar-refractivity contribution in [2.24, 2.45) is 0 Å². The van der Waals surface area contributed by atoms with Crippen LogP contribution in [0.25, 0.3) is 11.0 Å². The number of benzene rings is 3. The lowest BCUT2D eigenvalue weighted by atomic mass is 10.1. The van der Waals surface area contributed by atoms with Gasteiger partial charge in [-0.2, -0.15) is 0 Å². The van der Waals surface area contributed by atoms with Crippen molar-refractivity contribution < 1.29 is 23.7 Å². The van der Waals surface area contributed by atoms with E-state index in [4.69, 9.17) is 23.9 Å². The number of para-hydroxylation sites is 3. The monoisotopic (exact) mass is 515 g/mol.